The Bertz CT molecular complexity index is 218. The molecule has 0 spiro atoms. The number of Topliss-reactive ketones (excluding diaryl/α,β-unsaturated/α-hetero) is 1. The van der Waals surface area contributed by atoms with E-state index in [-0.39, 0.29) is 6.42 Å². The SMILES string of the molecule is CCC(C(=O)O)C(CF)C(=O)[C@H](C)N. The number of carboxylic acids is 1. The number of nitrogens with two attached hydrogens (primary N) is 1. The lowest BCUT2D eigenvalue weighted by Gasteiger charge is -2.20. The molecule has 0 rings (SSSR count). The highest BCUT2D eigenvalue weighted by Crippen LogP contribution is 2.19. The van der Waals surface area contributed by atoms with Crippen LogP contribution in [0.2, 0.25) is 0 Å². The van der Waals surface area contributed by atoms with E-state index in [1.807, 2.05) is 0 Å². The minimum atomic E-state index is -1.15. The minimum Gasteiger partial charge on any atom is -0.481 e. The van der Waals surface area contributed by atoms with Crippen LogP contribution in [0.1, 0.15) is 20.3 Å². The second-order valence-corrected chi connectivity index (χ2v) is 3.30. The third-order valence-electron chi connectivity index (χ3n) is 2.22. The molecule has 0 aliphatic carbocycles. The summed E-state index contributed by atoms with van der Waals surface area (Å²) >= 11 is 0. The van der Waals surface area contributed by atoms with E-state index >= 15 is 0 Å². The molecule has 0 aromatic heterocycles. The van der Waals surface area contributed by atoms with Gasteiger partial charge in [-0.3, -0.25) is 14.0 Å². The molecule has 3 N–H and O–H groups in total. The molecule has 82 valence electrons. The first-order chi connectivity index (χ1) is 6.45. The van der Waals surface area contributed by atoms with Gasteiger partial charge in [-0.15, -0.1) is 0 Å². The molecule has 0 bridgehead atoms. The molecule has 14 heavy (non-hydrogen) atoms. The first kappa shape index (κ1) is 13.0. The van der Waals surface area contributed by atoms with E-state index in [0.717, 1.165) is 0 Å². The summed E-state index contributed by atoms with van der Waals surface area (Å²) in [6.45, 7) is 2.07. The third-order valence-corrected chi connectivity index (χ3v) is 2.22. The summed E-state index contributed by atoms with van der Waals surface area (Å²) in [5.41, 5.74) is 5.30. The largest absolute Gasteiger partial charge is 0.481 e. The molecule has 2 unspecified atom stereocenters. The number of carboxylic acid groups (broad SMARTS) is 1. The second-order valence-electron chi connectivity index (χ2n) is 3.30. The van der Waals surface area contributed by atoms with Gasteiger partial charge in [0.15, 0.2) is 5.78 Å². The molecule has 0 aliphatic heterocycles. The van der Waals surface area contributed by atoms with E-state index in [0.29, 0.717) is 0 Å². The van der Waals surface area contributed by atoms with E-state index in [9.17, 15) is 14.0 Å². The van der Waals surface area contributed by atoms with Crippen LogP contribution in [-0.2, 0) is 9.59 Å². The van der Waals surface area contributed by atoms with Crippen LogP contribution >= 0.6 is 0 Å². The lowest BCUT2D eigenvalue weighted by Crippen LogP contribution is -2.40. The fourth-order valence-corrected chi connectivity index (χ4v) is 1.35. The number of hydrogen-bond acceptors (Lipinski definition) is 3. The van der Waals surface area contributed by atoms with Crippen LogP contribution in [0, 0.1) is 11.8 Å². The summed E-state index contributed by atoms with van der Waals surface area (Å²) < 4.78 is 12.5. The molecule has 0 radical (unpaired) electrons. The van der Waals surface area contributed by atoms with Gasteiger partial charge in [-0.2, -0.15) is 0 Å². The highest BCUT2D eigenvalue weighted by molar-refractivity contribution is 5.89. The van der Waals surface area contributed by atoms with Crippen LogP contribution in [0.25, 0.3) is 0 Å². The first-order valence-corrected chi connectivity index (χ1v) is 4.53. The Hall–Kier alpha value is -0.970. The van der Waals surface area contributed by atoms with Crippen molar-refractivity contribution in [2.24, 2.45) is 17.6 Å². The highest BCUT2D eigenvalue weighted by Gasteiger charge is 2.33. The zero-order valence-electron chi connectivity index (χ0n) is 8.37. The first-order valence-electron chi connectivity index (χ1n) is 4.53. The number of rotatable bonds is 6. The maximum atomic E-state index is 12.5. The van der Waals surface area contributed by atoms with E-state index in [4.69, 9.17) is 10.8 Å². The van der Waals surface area contributed by atoms with Crippen molar-refractivity contribution in [1.29, 1.82) is 0 Å². The third kappa shape index (κ3) is 3.06. The number of carbonyl (C=O) groups is 2. The molecule has 4 nitrogen and oxygen atoms in total. The standard InChI is InChI=1S/C9H16FNO3/c1-3-6(9(13)14)7(4-10)8(12)5(2)11/h5-7H,3-4,11H2,1-2H3,(H,13,14)/t5-,6?,7?/m0/s1. The van der Waals surface area contributed by atoms with Gasteiger partial charge in [0.05, 0.1) is 17.9 Å². The summed E-state index contributed by atoms with van der Waals surface area (Å²) in [4.78, 5) is 22.0. The van der Waals surface area contributed by atoms with Gasteiger partial charge in [0.25, 0.3) is 0 Å². The molecule has 0 fully saturated rings. The van der Waals surface area contributed by atoms with Gasteiger partial charge in [0.2, 0.25) is 0 Å². The van der Waals surface area contributed by atoms with Crippen LogP contribution in [-0.4, -0.2) is 29.6 Å². The monoisotopic (exact) mass is 205 g/mol. The Morgan fingerprint density at radius 1 is 1.43 bits per heavy atom. The van der Waals surface area contributed by atoms with Gasteiger partial charge in [-0.05, 0) is 13.3 Å². The van der Waals surface area contributed by atoms with Crippen LogP contribution in [0.3, 0.4) is 0 Å². The van der Waals surface area contributed by atoms with Gasteiger partial charge in [-0.25, -0.2) is 0 Å². The van der Waals surface area contributed by atoms with Crippen molar-refractivity contribution in [3.05, 3.63) is 0 Å². The molecule has 0 amide bonds. The fourth-order valence-electron chi connectivity index (χ4n) is 1.35. The Morgan fingerprint density at radius 3 is 2.14 bits per heavy atom. The van der Waals surface area contributed by atoms with Gasteiger partial charge in [-0.1, -0.05) is 6.92 Å². The van der Waals surface area contributed by atoms with Crippen molar-refractivity contribution in [2.45, 2.75) is 26.3 Å². The fraction of sp³-hybridized carbons (Fsp3) is 0.778. The van der Waals surface area contributed by atoms with E-state index in [2.05, 4.69) is 0 Å². The molecule has 0 aromatic carbocycles. The zero-order chi connectivity index (χ0) is 11.3. The predicted molar refractivity (Wildman–Crippen MR) is 49.5 cm³/mol. The summed E-state index contributed by atoms with van der Waals surface area (Å²) in [6.07, 6.45) is 0.225. The van der Waals surface area contributed by atoms with Gasteiger partial charge >= 0.3 is 5.97 Å². The number of carbonyl (C=O) groups excluding carboxylic acids is 1. The lowest BCUT2D eigenvalue weighted by atomic mass is 9.85. The molecule has 0 aromatic rings. The smallest absolute Gasteiger partial charge is 0.307 e. The Kier molecular flexibility index (Phi) is 5.30. The van der Waals surface area contributed by atoms with Crippen molar-refractivity contribution < 1.29 is 19.1 Å². The van der Waals surface area contributed by atoms with Crippen LogP contribution in [0.5, 0.6) is 0 Å². The van der Waals surface area contributed by atoms with Crippen LogP contribution in [0.4, 0.5) is 4.39 Å². The molecular weight excluding hydrogens is 189 g/mol. The van der Waals surface area contributed by atoms with Crippen LogP contribution < -0.4 is 5.73 Å². The van der Waals surface area contributed by atoms with Crippen molar-refractivity contribution >= 4 is 11.8 Å². The summed E-state index contributed by atoms with van der Waals surface area (Å²) in [6, 6.07) is -0.816. The van der Waals surface area contributed by atoms with Crippen molar-refractivity contribution in [1.82, 2.24) is 0 Å². The van der Waals surface area contributed by atoms with E-state index in [1.54, 1.807) is 6.92 Å². The molecule has 5 heteroatoms. The molecular formula is C9H16FNO3. The highest BCUT2D eigenvalue weighted by atomic mass is 19.1. The number of hydrogen-bond donors (Lipinski definition) is 2. The van der Waals surface area contributed by atoms with Crippen molar-refractivity contribution in [2.75, 3.05) is 6.67 Å². The average molecular weight is 205 g/mol. The maximum Gasteiger partial charge on any atom is 0.307 e. The summed E-state index contributed by atoms with van der Waals surface area (Å²) in [7, 11) is 0. The summed E-state index contributed by atoms with van der Waals surface area (Å²) in [5, 5.41) is 8.75. The van der Waals surface area contributed by atoms with Gasteiger partial charge in [0.1, 0.15) is 6.67 Å². The molecule has 0 heterocycles. The molecule has 3 atom stereocenters. The molecule has 0 saturated heterocycles. The van der Waals surface area contributed by atoms with E-state index in [1.165, 1.54) is 6.92 Å². The Balaban J connectivity index is 4.68. The summed E-state index contributed by atoms with van der Waals surface area (Å²) in [5.74, 6) is -3.76. The number of ketones is 1. The minimum absolute atomic E-state index is 0.225. The zero-order valence-corrected chi connectivity index (χ0v) is 8.37. The maximum absolute atomic E-state index is 12.5. The van der Waals surface area contributed by atoms with Crippen molar-refractivity contribution in [3.63, 3.8) is 0 Å². The number of alkyl halides is 1. The van der Waals surface area contributed by atoms with Crippen LogP contribution in [0.15, 0.2) is 0 Å². The number of aliphatic carboxylic acids is 1. The predicted octanol–water partition coefficient (Wildman–Crippen LogP) is 0.599. The van der Waals surface area contributed by atoms with Gasteiger partial charge in [0, 0.05) is 0 Å². The quantitative estimate of drug-likeness (QED) is 0.665. The average Bonchev–Trinajstić information content (AvgIpc) is 2.11. The Labute approximate surface area is 82.3 Å². The number of halogens is 1. The molecule has 0 aliphatic rings. The second kappa shape index (κ2) is 5.70. The van der Waals surface area contributed by atoms with Gasteiger partial charge < -0.3 is 10.8 Å². The molecule has 0 saturated carbocycles. The normalized spacial score (nSPS) is 17.1. The topological polar surface area (TPSA) is 80.4 Å². The lowest BCUT2D eigenvalue weighted by molar-refractivity contribution is -0.147. The van der Waals surface area contributed by atoms with E-state index < -0.39 is 36.3 Å². The Morgan fingerprint density at radius 2 is 1.93 bits per heavy atom. The van der Waals surface area contributed by atoms with Crippen molar-refractivity contribution in [3.8, 4) is 0 Å².